The summed E-state index contributed by atoms with van der Waals surface area (Å²) < 4.78 is 41.7. The molecule has 3 aromatic carbocycles. The summed E-state index contributed by atoms with van der Waals surface area (Å²) in [6.07, 6.45) is 1.36. The molecule has 0 saturated carbocycles. The van der Waals surface area contributed by atoms with Gasteiger partial charge in [-0.05, 0) is 75.6 Å². The van der Waals surface area contributed by atoms with Crippen molar-refractivity contribution in [2.24, 2.45) is 5.10 Å². The summed E-state index contributed by atoms with van der Waals surface area (Å²) >= 11 is 15.4. The lowest BCUT2D eigenvalue weighted by Crippen LogP contribution is -2.18. The van der Waals surface area contributed by atoms with Crippen LogP contribution in [0.25, 0.3) is 0 Å². The van der Waals surface area contributed by atoms with Gasteiger partial charge in [0.25, 0.3) is 10.0 Å². The van der Waals surface area contributed by atoms with E-state index in [9.17, 15) is 8.42 Å². The third-order valence-corrected chi connectivity index (χ3v) is 6.94. The number of hydrazone groups is 1. The van der Waals surface area contributed by atoms with Crippen LogP contribution in [0.1, 0.15) is 11.1 Å². The maximum atomic E-state index is 12.4. The van der Waals surface area contributed by atoms with Crippen LogP contribution in [-0.4, -0.2) is 28.9 Å². The van der Waals surface area contributed by atoms with Gasteiger partial charge in [-0.2, -0.15) is 13.5 Å². The summed E-state index contributed by atoms with van der Waals surface area (Å²) in [5.74, 6) is 1.46. The molecule has 174 valence electrons. The van der Waals surface area contributed by atoms with E-state index < -0.39 is 10.0 Å². The molecule has 0 atom stereocenters. The molecule has 1 N–H and O–H groups in total. The fraction of sp³-hybridized carbons (Fsp3) is 0.136. The number of nitrogens with zero attached hydrogens (tertiary/aromatic N) is 1. The molecule has 0 aromatic heterocycles. The number of sulfonamides is 1. The Balaban J connectivity index is 1.72. The Morgan fingerprint density at radius 3 is 2.36 bits per heavy atom. The molecule has 0 aliphatic heterocycles. The number of ether oxygens (including phenoxy) is 3. The SMILES string of the molecule is COc1ccc(S(=O)(=O)N/N=C\c2cc(Br)c(OCc3ccc(Cl)c(Cl)c3)c(OC)c2)cc1. The molecule has 0 heterocycles. The van der Waals surface area contributed by atoms with Gasteiger partial charge in [-0.15, -0.1) is 0 Å². The van der Waals surface area contributed by atoms with Crippen molar-refractivity contribution in [2.75, 3.05) is 14.2 Å². The minimum absolute atomic E-state index is 0.0604. The Hall–Kier alpha value is -2.46. The Bertz CT molecular complexity index is 1270. The average Bonchev–Trinajstić information content (AvgIpc) is 2.80. The number of methoxy groups -OCH3 is 2. The second kappa shape index (κ2) is 11.1. The van der Waals surface area contributed by atoms with Gasteiger partial charge in [-0.1, -0.05) is 29.3 Å². The Morgan fingerprint density at radius 1 is 1.00 bits per heavy atom. The van der Waals surface area contributed by atoms with Crippen molar-refractivity contribution < 1.29 is 22.6 Å². The summed E-state index contributed by atoms with van der Waals surface area (Å²) in [7, 11) is -0.823. The van der Waals surface area contributed by atoms with Gasteiger partial charge in [-0.25, -0.2) is 4.83 Å². The van der Waals surface area contributed by atoms with Crippen molar-refractivity contribution in [1.29, 1.82) is 0 Å². The first-order chi connectivity index (χ1) is 15.7. The molecule has 33 heavy (non-hydrogen) atoms. The monoisotopic (exact) mass is 572 g/mol. The molecule has 0 aliphatic carbocycles. The zero-order valence-corrected chi connectivity index (χ0v) is 21.4. The lowest BCUT2D eigenvalue weighted by atomic mass is 10.2. The highest BCUT2D eigenvalue weighted by atomic mass is 79.9. The molecule has 0 unspecified atom stereocenters. The molecule has 0 aliphatic rings. The molecule has 0 radical (unpaired) electrons. The molecule has 7 nitrogen and oxygen atoms in total. The molecule has 3 rings (SSSR count). The standard InChI is InChI=1S/C22H19BrCl2N2O5S/c1-30-16-4-6-17(7-5-16)33(28,29)27-26-12-15-9-18(23)22(21(11-15)31-2)32-13-14-3-8-19(24)20(25)10-14/h3-12,27H,13H2,1-2H3/b26-12-. The molecule has 0 saturated heterocycles. The van der Waals surface area contributed by atoms with Crippen LogP contribution < -0.4 is 19.0 Å². The first kappa shape index (κ1) is 25.2. The van der Waals surface area contributed by atoms with Gasteiger partial charge >= 0.3 is 0 Å². The van der Waals surface area contributed by atoms with E-state index in [2.05, 4.69) is 25.9 Å². The maximum absolute atomic E-state index is 12.4. The largest absolute Gasteiger partial charge is 0.497 e. The predicted molar refractivity (Wildman–Crippen MR) is 132 cm³/mol. The highest BCUT2D eigenvalue weighted by Crippen LogP contribution is 2.37. The third-order valence-electron chi connectivity index (χ3n) is 4.38. The number of hydrogen-bond acceptors (Lipinski definition) is 6. The van der Waals surface area contributed by atoms with Crippen molar-refractivity contribution in [3.8, 4) is 17.2 Å². The van der Waals surface area contributed by atoms with E-state index in [4.69, 9.17) is 37.4 Å². The average molecular weight is 574 g/mol. The van der Waals surface area contributed by atoms with Crippen LogP contribution in [0.15, 0.2) is 69.1 Å². The summed E-state index contributed by atoms with van der Waals surface area (Å²) in [5, 5.41) is 4.75. The topological polar surface area (TPSA) is 86.2 Å². The van der Waals surface area contributed by atoms with E-state index in [1.165, 1.54) is 32.6 Å². The summed E-state index contributed by atoms with van der Waals surface area (Å²) in [6, 6.07) is 14.6. The first-order valence-electron chi connectivity index (χ1n) is 9.36. The fourth-order valence-electron chi connectivity index (χ4n) is 2.72. The van der Waals surface area contributed by atoms with Gasteiger partial charge in [0.2, 0.25) is 0 Å². The Labute approximate surface area is 210 Å². The summed E-state index contributed by atoms with van der Waals surface area (Å²) in [4.78, 5) is 2.24. The van der Waals surface area contributed by atoms with Crippen LogP contribution in [-0.2, 0) is 16.6 Å². The predicted octanol–water partition coefficient (Wildman–Crippen LogP) is 5.66. The van der Waals surface area contributed by atoms with Crippen molar-refractivity contribution in [2.45, 2.75) is 11.5 Å². The fourth-order valence-corrected chi connectivity index (χ4v) is 4.40. The molecule has 3 aromatic rings. The number of hydrogen-bond donors (Lipinski definition) is 1. The van der Waals surface area contributed by atoms with Crippen LogP contribution in [0.4, 0.5) is 0 Å². The number of benzene rings is 3. The molecule has 0 bridgehead atoms. The van der Waals surface area contributed by atoms with Crippen molar-refractivity contribution >= 4 is 55.4 Å². The van der Waals surface area contributed by atoms with Crippen molar-refractivity contribution in [1.82, 2.24) is 4.83 Å². The van der Waals surface area contributed by atoms with Crippen LogP contribution >= 0.6 is 39.1 Å². The van der Waals surface area contributed by atoms with E-state index in [0.717, 1.165) is 5.56 Å². The highest BCUT2D eigenvalue weighted by molar-refractivity contribution is 9.10. The van der Waals surface area contributed by atoms with Crippen LogP contribution in [0.3, 0.4) is 0 Å². The lowest BCUT2D eigenvalue weighted by molar-refractivity contribution is 0.282. The van der Waals surface area contributed by atoms with Crippen LogP contribution in [0, 0.1) is 0 Å². The maximum Gasteiger partial charge on any atom is 0.276 e. The molecular formula is C22H19BrCl2N2O5S. The zero-order chi connectivity index (χ0) is 24.0. The summed E-state index contributed by atoms with van der Waals surface area (Å²) in [6.45, 7) is 0.237. The molecular weight excluding hydrogens is 555 g/mol. The first-order valence-corrected chi connectivity index (χ1v) is 12.4. The van der Waals surface area contributed by atoms with Gasteiger partial charge in [0, 0.05) is 0 Å². The van der Waals surface area contributed by atoms with Gasteiger partial charge in [0.1, 0.15) is 12.4 Å². The van der Waals surface area contributed by atoms with Crippen molar-refractivity contribution in [3.63, 3.8) is 0 Å². The number of halogens is 3. The van der Waals surface area contributed by atoms with E-state index in [1.54, 1.807) is 36.4 Å². The van der Waals surface area contributed by atoms with Gasteiger partial charge in [0.15, 0.2) is 11.5 Å². The van der Waals surface area contributed by atoms with Gasteiger partial charge < -0.3 is 14.2 Å². The van der Waals surface area contributed by atoms with Crippen LogP contribution in [0.2, 0.25) is 10.0 Å². The minimum atomic E-state index is -3.83. The smallest absolute Gasteiger partial charge is 0.276 e. The van der Waals surface area contributed by atoms with Gasteiger partial charge in [-0.3, -0.25) is 0 Å². The zero-order valence-electron chi connectivity index (χ0n) is 17.5. The lowest BCUT2D eigenvalue weighted by Gasteiger charge is -2.14. The third kappa shape index (κ3) is 6.54. The van der Waals surface area contributed by atoms with Gasteiger partial charge in [0.05, 0.1) is 39.8 Å². The van der Waals surface area contributed by atoms with E-state index >= 15 is 0 Å². The summed E-state index contributed by atoms with van der Waals surface area (Å²) in [5.41, 5.74) is 1.41. The van der Waals surface area contributed by atoms with E-state index in [1.807, 2.05) is 6.07 Å². The second-order valence-electron chi connectivity index (χ2n) is 6.60. The van der Waals surface area contributed by atoms with Crippen LogP contribution in [0.5, 0.6) is 17.2 Å². The molecule has 11 heteroatoms. The van der Waals surface area contributed by atoms with E-state index in [0.29, 0.717) is 37.3 Å². The highest BCUT2D eigenvalue weighted by Gasteiger charge is 2.14. The van der Waals surface area contributed by atoms with Crippen molar-refractivity contribution in [3.05, 3.63) is 80.2 Å². The number of rotatable bonds is 9. The quantitative estimate of drug-likeness (QED) is 0.263. The van der Waals surface area contributed by atoms with E-state index in [-0.39, 0.29) is 11.5 Å². The Kier molecular flexibility index (Phi) is 8.47. The Morgan fingerprint density at radius 2 is 1.73 bits per heavy atom. The molecule has 0 amide bonds. The minimum Gasteiger partial charge on any atom is -0.497 e. The second-order valence-corrected chi connectivity index (χ2v) is 9.93. The molecule has 0 spiro atoms. The molecule has 0 fully saturated rings. The normalized spacial score (nSPS) is 11.4. The number of nitrogens with one attached hydrogen (secondary N) is 1.